The number of nitrogens with zero attached hydrogens (tertiary/aromatic N) is 6. The first-order valence-electron chi connectivity index (χ1n) is 9.67. The Morgan fingerprint density at radius 2 is 1.97 bits per heavy atom. The number of fused-ring (bicyclic) bond motifs is 1. The van der Waals surface area contributed by atoms with E-state index in [2.05, 4.69) is 38.5 Å². The molecule has 0 bridgehead atoms. The molecule has 0 atom stereocenters. The third kappa shape index (κ3) is 3.78. The molecule has 0 fully saturated rings. The molecule has 0 aliphatic heterocycles. The summed E-state index contributed by atoms with van der Waals surface area (Å²) in [5, 5.41) is 12.7. The molecule has 0 saturated carbocycles. The molecule has 154 valence electrons. The molecular weight excluding hydrogens is 402 g/mol. The predicted octanol–water partition coefficient (Wildman–Crippen LogP) is 3.88. The lowest BCUT2D eigenvalue weighted by Crippen LogP contribution is -2.15. The van der Waals surface area contributed by atoms with Crippen molar-refractivity contribution in [2.75, 3.05) is 11.2 Å². The SMILES string of the molecule is Cc1ccc(-n2ncc3c(-n4nc(C)cc4NC(=O)CCCCl)ncnc32)c(C)c1. The lowest BCUT2D eigenvalue weighted by atomic mass is 10.1. The zero-order valence-electron chi connectivity index (χ0n) is 17.1. The Morgan fingerprint density at radius 3 is 2.73 bits per heavy atom. The van der Waals surface area contributed by atoms with Gasteiger partial charge in [-0.3, -0.25) is 4.79 Å². The number of carbonyl (C=O) groups is 1. The monoisotopic (exact) mass is 423 g/mol. The summed E-state index contributed by atoms with van der Waals surface area (Å²) >= 11 is 5.69. The Hall–Kier alpha value is -3.26. The van der Waals surface area contributed by atoms with Crippen LogP contribution in [0.25, 0.3) is 22.5 Å². The fraction of sp³-hybridized carbons (Fsp3) is 0.286. The maximum Gasteiger partial charge on any atom is 0.225 e. The van der Waals surface area contributed by atoms with E-state index < -0.39 is 0 Å². The van der Waals surface area contributed by atoms with Crippen LogP contribution in [0.4, 0.5) is 5.82 Å². The molecule has 3 aromatic heterocycles. The second kappa shape index (κ2) is 8.23. The third-order valence-corrected chi connectivity index (χ3v) is 5.03. The Kier molecular flexibility index (Phi) is 5.50. The molecular formula is C21H22ClN7O. The van der Waals surface area contributed by atoms with Crippen LogP contribution in [-0.4, -0.2) is 41.3 Å². The van der Waals surface area contributed by atoms with Crippen molar-refractivity contribution in [2.24, 2.45) is 0 Å². The maximum absolute atomic E-state index is 12.2. The van der Waals surface area contributed by atoms with Gasteiger partial charge in [-0.25, -0.2) is 14.6 Å². The number of hydrogen-bond acceptors (Lipinski definition) is 5. The normalized spacial score (nSPS) is 11.2. The molecule has 9 heteroatoms. The van der Waals surface area contributed by atoms with Crippen molar-refractivity contribution in [1.82, 2.24) is 29.5 Å². The zero-order valence-corrected chi connectivity index (χ0v) is 17.8. The van der Waals surface area contributed by atoms with Gasteiger partial charge in [0.1, 0.15) is 12.1 Å². The van der Waals surface area contributed by atoms with Gasteiger partial charge in [-0.1, -0.05) is 17.7 Å². The van der Waals surface area contributed by atoms with Gasteiger partial charge < -0.3 is 5.32 Å². The summed E-state index contributed by atoms with van der Waals surface area (Å²) in [6.07, 6.45) is 4.16. The molecule has 1 aromatic carbocycles. The van der Waals surface area contributed by atoms with E-state index in [0.717, 1.165) is 22.3 Å². The van der Waals surface area contributed by atoms with Crippen LogP contribution < -0.4 is 5.32 Å². The van der Waals surface area contributed by atoms with Crippen LogP contribution in [0.2, 0.25) is 0 Å². The number of carbonyl (C=O) groups excluding carboxylic acids is 1. The van der Waals surface area contributed by atoms with E-state index in [0.29, 0.717) is 36.0 Å². The van der Waals surface area contributed by atoms with Crippen LogP contribution in [0.3, 0.4) is 0 Å². The van der Waals surface area contributed by atoms with E-state index in [4.69, 9.17) is 11.6 Å². The lowest BCUT2D eigenvalue weighted by molar-refractivity contribution is -0.116. The highest BCUT2D eigenvalue weighted by Crippen LogP contribution is 2.25. The van der Waals surface area contributed by atoms with E-state index >= 15 is 0 Å². The molecule has 30 heavy (non-hydrogen) atoms. The summed E-state index contributed by atoms with van der Waals surface area (Å²) in [6, 6.07) is 7.99. The minimum absolute atomic E-state index is 0.118. The summed E-state index contributed by atoms with van der Waals surface area (Å²) in [4.78, 5) is 21.1. The first-order chi connectivity index (χ1) is 14.5. The number of rotatable bonds is 6. The van der Waals surface area contributed by atoms with E-state index in [9.17, 15) is 4.79 Å². The van der Waals surface area contributed by atoms with E-state index in [1.54, 1.807) is 21.6 Å². The van der Waals surface area contributed by atoms with Crippen molar-refractivity contribution in [1.29, 1.82) is 0 Å². The van der Waals surface area contributed by atoms with Crippen LogP contribution in [0.5, 0.6) is 0 Å². The number of benzene rings is 1. The predicted molar refractivity (Wildman–Crippen MR) is 117 cm³/mol. The largest absolute Gasteiger partial charge is 0.311 e. The van der Waals surface area contributed by atoms with Crippen LogP contribution in [-0.2, 0) is 4.79 Å². The number of aromatic nitrogens is 6. The third-order valence-electron chi connectivity index (χ3n) is 4.76. The molecule has 4 rings (SSSR count). The fourth-order valence-electron chi connectivity index (χ4n) is 3.40. The van der Waals surface area contributed by atoms with E-state index in [-0.39, 0.29) is 5.91 Å². The molecule has 4 aromatic rings. The summed E-state index contributed by atoms with van der Waals surface area (Å²) in [5.41, 5.74) is 4.66. The molecule has 8 nitrogen and oxygen atoms in total. The van der Waals surface area contributed by atoms with Gasteiger partial charge in [0.2, 0.25) is 5.91 Å². The molecule has 0 saturated heterocycles. The smallest absolute Gasteiger partial charge is 0.225 e. The van der Waals surface area contributed by atoms with E-state index in [1.807, 2.05) is 26.0 Å². The van der Waals surface area contributed by atoms with Gasteiger partial charge in [-0.05, 0) is 38.8 Å². The van der Waals surface area contributed by atoms with Gasteiger partial charge >= 0.3 is 0 Å². The van der Waals surface area contributed by atoms with Crippen LogP contribution in [0.1, 0.15) is 29.7 Å². The Balaban J connectivity index is 1.78. The summed E-state index contributed by atoms with van der Waals surface area (Å²) < 4.78 is 3.41. The van der Waals surface area contributed by atoms with Crippen molar-refractivity contribution >= 4 is 34.4 Å². The molecule has 0 radical (unpaired) electrons. The first-order valence-corrected chi connectivity index (χ1v) is 10.2. The molecule has 1 N–H and O–H groups in total. The second-order valence-corrected chi connectivity index (χ2v) is 7.58. The fourth-order valence-corrected chi connectivity index (χ4v) is 3.54. The van der Waals surface area contributed by atoms with Gasteiger partial charge in [0.05, 0.1) is 23.0 Å². The number of alkyl halides is 1. The Labute approximate surface area is 178 Å². The van der Waals surface area contributed by atoms with Crippen molar-refractivity contribution in [3.05, 3.63) is 53.6 Å². The highest BCUT2D eigenvalue weighted by Gasteiger charge is 2.18. The quantitative estimate of drug-likeness (QED) is 0.475. The van der Waals surface area contributed by atoms with Crippen molar-refractivity contribution in [3.8, 4) is 11.5 Å². The van der Waals surface area contributed by atoms with Gasteiger partial charge in [-0.2, -0.15) is 14.9 Å². The Bertz CT molecular complexity index is 1230. The topological polar surface area (TPSA) is 90.5 Å². The molecule has 0 aliphatic carbocycles. The average Bonchev–Trinajstić information content (AvgIpc) is 3.29. The minimum atomic E-state index is -0.118. The van der Waals surface area contributed by atoms with Crippen molar-refractivity contribution in [2.45, 2.75) is 33.6 Å². The number of hydrogen-bond donors (Lipinski definition) is 1. The molecule has 1 amide bonds. The van der Waals surface area contributed by atoms with Gasteiger partial charge in [-0.15, -0.1) is 11.6 Å². The lowest BCUT2D eigenvalue weighted by Gasteiger charge is -2.10. The highest BCUT2D eigenvalue weighted by molar-refractivity contribution is 6.18. The molecule has 0 aliphatic rings. The molecule has 0 unspecified atom stereocenters. The van der Waals surface area contributed by atoms with Crippen LogP contribution in [0, 0.1) is 20.8 Å². The van der Waals surface area contributed by atoms with Crippen molar-refractivity contribution < 1.29 is 4.79 Å². The number of aryl methyl sites for hydroxylation is 3. The Morgan fingerprint density at radius 1 is 1.13 bits per heavy atom. The van der Waals surface area contributed by atoms with Gasteiger partial charge in [0.25, 0.3) is 0 Å². The average molecular weight is 424 g/mol. The number of halogens is 1. The van der Waals surface area contributed by atoms with Gasteiger partial charge in [0, 0.05) is 18.4 Å². The standard InChI is InChI=1S/C21H22ClN7O/c1-13-6-7-17(14(2)9-13)28-20-16(11-25-28)21(24-12-23-20)29-18(10-15(3)27-29)26-19(30)5-4-8-22/h6-7,9-12H,4-5,8H2,1-3H3,(H,26,30). The minimum Gasteiger partial charge on any atom is -0.311 e. The number of anilines is 1. The van der Waals surface area contributed by atoms with Gasteiger partial charge in [0.15, 0.2) is 11.5 Å². The number of amides is 1. The van der Waals surface area contributed by atoms with Crippen LogP contribution >= 0.6 is 11.6 Å². The molecule has 0 spiro atoms. The van der Waals surface area contributed by atoms with E-state index in [1.165, 1.54) is 11.9 Å². The summed E-state index contributed by atoms with van der Waals surface area (Å²) in [5.74, 6) is 1.42. The maximum atomic E-state index is 12.2. The highest BCUT2D eigenvalue weighted by atomic mass is 35.5. The number of nitrogens with one attached hydrogen (secondary N) is 1. The first kappa shape index (κ1) is 20.0. The molecule has 3 heterocycles. The van der Waals surface area contributed by atoms with Crippen LogP contribution in [0.15, 0.2) is 36.8 Å². The zero-order chi connectivity index (χ0) is 21.3. The summed E-state index contributed by atoms with van der Waals surface area (Å²) in [6.45, 7) is 5.97. The van der Waals surface area contributed by atoms with Crippen molar-refractivity contribution in [3.63, 3.8) is 0 Å². The second-order valence-electron chi connectivity index (χ2n) is 7.20. The summed E-state index contributed by atoms with van der Waals surface area (Å²) in [7, 11) is 0.